The van der Waals surface area contributed by atoms with E-state index in [0.29, 0.717) is 0 Å². The zero-order valence-electron chi connectivity index (χ0n) is 14.1. The lowest BCUT2D eigenvalue weighted by Gasteiger charge is -2.19. The zero-order valence-corrected chi connectivity index (χ0v) is 15.0. The standard InChI is InChI=1S/C17H16F2NO5P/c1-3-23-26(22,24-4-2)13-9-11-15(21)10-7-5-6-8-12(10)25-17(11)20-14(13)16(18)19/h5-9,16H,3-4H2,1-2H3. The Bertz CT molecular complexity index is 1060. The molecule has 138 valence electrons. The summed E-state index contributed by atoms with van der Waals surface area (Å²) >= 11 is 0. The fourth-order valence-electron chi connectivity index (χ4n) is 2.63. The summed E-state index contributed by atoms with van der Waals surface area (Å²) in [4.78, 5) is 16.5. The van der Waals surface area contributed by atoms with Crippen molar-refractivity contribution >= 4 is 35.0 Å². The van der Waals surface area contributed by atoms with E-state index in [2.05, 4.69) is 4.98 Å². The quantitative estimate of drug-likeness (QED) is 0.470. The molecular weight excluding hydrogens is 367 g/mol. The molecule has 26 heavy (non-hydrogen) atoms. The normalized spacial score (nSPS) is 12.3. The van der Waals surface area contributed by atoms with Crippen molar-refractivity contribution in [2.45, 2.75) is 20.3 Å². The van der Waals surface area contributed by atoms with Crippen molar-refractivity contribution in [3.05, 3.63) is 46.2 Å². The topological polar surface area (TPSA) is 78.6 Å². The van der Waals surface area contributed by atoms with Gasteiger partial charge in [-0.25, -0.2) is 13.8 Å². The van der Waals surface area contributed by atoms with Gasteiger partial charge >= 0.3 is 7.60 Å². The third kappa shape index (κ3) is 3.16. The van der Waals surface area contributed by atoms with E-state index in [4.69, 9.17) is 13.5 Å². The number of halogens is 2. The van der Waals surface area contributed by atoms with Crippen molar-refractivity contribution in [1.29, 1.82) is 0 Å². The summed E-state index contributed by atoms with van der Waals surface area (Å²) in [5, 5.41) is -0.228. The van der Waals surface area contributed by atoms with Crippen molar-refractivity contribution in [3.63, 3.8) is 0 Å². The van der Waals surface area contributed by atoms with Crippen molar-refractivity contribution in [3.8, 4) is 0 Å². The Morgan fingerprint density at radius 1 is 1.15 bits per heavy atom. The fourth-order valence-corrected chi connectivity index (χ4v) is 4.38. The molecule has 1 aromatic carbocycles. The maximum Gasteiger partial charge on any atom is 0.363 e. The van der Waals surface area contributed by atoms with Crippen LogP contribution in [0.1, 0.15) is 26.0 Å². The van der Waals surface area contributed by atoms with Gasteiger partial charge in [0.1, 0.15) is 11.3 Å². The largest absolute Gasteiger partial charge is 0.437 e. The summed E-state index contributed by atoms with van der Waals surface area (Å²) in [7, 11) is -4.07. The van der Waals surface area contributed by atoms with E-state index in [1.54, 1.807) is 38.1 Å². The van der Waals surface area contributed by atoms with Crippen LogP contribution in [0.5, 0.6) is 0 Å². The zero-order chi connectivity index (χ0) is 18.9. The number of aromatic nitrogens is 1. The molecule has 0 amide bonds. The van der Waals surface area contributed by atoms with Crippen LogP contribution in [0.25, 0.3) is 22.1 Å². The molecule has 0 aliphatic heterocycles. The highest BCUT2D eigenvalue weighted by Gasteiger charge is 2.35. The van der Waals surface area contributed by atoms with Gasteiger partial charge in [0.05, 0.1) is 29.3 Å². The van der Waals surface area contributed by atoms with E-state index in [-0.39, 0.29) is 35.3 Å². The highest BCUT2D eigenvalue weighted by atomic mass is 31.2. The average molecular weight is 383 g/mol. The lowest BCUT2D eigenvalue weighted by Crippen LogP contribution is -2.20. The van der Waals surface area contributed by atoms with E-state index in [1.165, 1.54) is 0 Å². The van der Waals surface area contributed by atoms with Gasteiger partial charge in [-0.3, -0.25) is 9.36 Å². The van der Waals surface area contributed by atoms with Crippen LogP contribution >= 0.6 is 7.60 Å². The number of hydrogen-bond donors (Lipinski definition) is 0. The smallest absolute Gasteiger partial charge is 0.363 e. The first-order chi connectivity index (χ1) is 12.4. The molecule has 0 bridgehead atoms. The molecular formula is C17H16F2NO5P. The third-order valence-corrected chi connectivity index (χ3v) is 5.82. The predicted octanol–water partition coefficient (Wildman–Crippen LogP) is 4.17. The van der Waals surface area contributed by atoms with Crippen molar-refractivity contribution in [1.82, 2.24) is 4.98 Å². The van der Waals surface area contributed by atoms with Gasteiger partial charge < -0.3 is 13.5 Å². The van der Waals surface area contributed by atoms with Crippen LogP contribution < -0.4 is 10.7 Å². The molecule has 3 aromatic rings. The molecule has 0 fully saturated rings. The van der Waals surface area contributed by atoms with Gasteiger partial charge in [-0.1, -0.05) is 12.1 Å². The van der Waals surface area contributed by atoms with Crippen LogP contribution in [0.4, 0.5) is 8.78 Å². The Kier molecular flexibility index (Phi) is 5.18. The van der Waals surface area contributed by atoms with Gasteiger partial charge in [-0.15, -0.1) is 0 Å². The van der Waals surface area contributed by atoms with Crippen LogP contribution in [-0.4, -0.2) is 18.2 Å². The maximum atomic E-state index is 13.6. The second-order valence-electron chi connectivity index (χ2n) is 5.31. The minimum Gasteiger partial charge on any atom is -0.437 e. The molecule has 0 unspecified atom stereocenters. The number of hydrogen-bond acceptors (Lipinski definition) is 6. The fraction of sp³-hybridized carbons (Fsp3) is 0.294. The summed E-state index contributed by atoms with van der Waals surface area (Å²) in [5.74, 6) is 0. The highest BCUT2D eigenvalue weighted by molar-refractivity contribution is 7.62. The number of nitrogens with zero attached hydrogens (tertiary/aromatic N) is 1. The summed E-state index contributed by atoms with van der Waals surface area (Å²) in [6.07, 6.45) is -3.06. The van der Waals surface area contributed by atoms with E-state index in [0.717, 1.165) is 6.07 Å². The first kappa shape index (κ1) is 18.6. The van der Waals surface area contributed by atoms with Crippen LogP contribution in [0.2, 0.25) is 0 Å². The van der Waals surface area contributed by atoms with Crippen molar-refractivity contribution < 1.29 is 26.8 Å². The molecule has 0 aliphatic carbocycles. The summed E-state index contributed by atoms with van der Waals surface area (Å²) in [6, 6.07) is 7.47. The van der Waals surface area contributed by atoms with Crippen molar-refractivity contribution in [2.24, 2.45) is 0 Å². The number of fused-ring (bicyclic) bond motifs is 2. The average Bonchev–Trinajstić information content (AvgIpc) is 2.61. The van der Waals surface area contributed by atoms with Crippen LogP contribution in [-0.2, 0) is 13.6 Å². The Morgan fingerprint density at radius 3 is 2.42 bits per heavy atom. The number of alkyl halides is 2. The molecule has 3 rings (SSSR count). The lowest BCUT2D eigenvalue weighted by atomic mass is 10.2. The monoisotopic (exact) mass is 383 g/mol. The van der Waals surface area contributed by atoms with E-state index < -0.39 is 30.4 Å². The number of para-hydroxylation sites is 1. The highest BCUT2D eigenvalue weighted by Crippen LogP contribution is 2.49. The van der Waals surface area contributed by atoms with Gasteiger partial charge in [-0.2, -0.15) is 0 Å². The molecule has 9 heteroatoms. The SMILES string of the molecule is CCOP(=O)(OCC)c1cc2c(=O)c3ccccc3oc2nc1C(F)F. The lowest BCUT2D eigenvalue weighted by molar-refractivity contribution is 0.146. The molecule has 2 heterocycles. The van der Waals surface area contributed by atoms with Gasteiger partial charge in [-0.05, 0) is 32.0 Å². The summed E-state index contributed by atoms with van der Waals surface area (Å²) in [6.45, 7) is 3.07. The van der Waals surface area contributed by atoms with E-state index in [1.807, 2.05) is 0 Å². The minimum absolute atomic E-state index is 0.0235. The third-order valence-electron chi connectivity index (χ3n) is 3.68. The molecule has 0 N–H and O–H groups in total. The number of benzene rings is 1. The number of rotatable bonds is 6. The van der Waals surface area contributed by atoms with Gasteiger partial charge in [0.15, 0.2) is 0 Å². The molecule has 0 spiro atoms. The van der Waals surface area contributed by atoms with E-state index in [9.17, 15) is 18.1 Å². The first-order valence-electron chi connectivity index (χ1n) is 7.95. The molecule has 6 nitrogen and oxygen atoms in total. The summed E-state index contributed by atoms with van der Waals surface area (Å²) in [5.41, 5.74) is -1.28. The molecule has 0 saturated carbocycles. The van der Waals surface area contributed by atoms with Gasteiger partial charge in [0.2, 0.25) is 11.1 Å². The second kappa shape index (κ2) is 7.23. The van der Waals surface area contributed by atoms with Crippen LogP contribution in [0.15, 0.2) is 39.5 Å². The van der Waals surface area contributed by atoms with Crippen LogP contribution in [0, 0.1) is 0 Å². The predicted molar refractivity (Wildman–Crippen MR) is 93.2 cm³/mol. The van der Waals surface area contributed by atoms with E-state index >= 15 is 0 Å². The summed E-state index contributed by atoms with van der Waals surface area (Å²) < 4.78 is 55.9. The van der Waals surface area contributed by atoms with Gasteiger partial charge in [0.25, 0.3) is 6.43 Å². The molecule has 2 aromatic heterocycles. The molecule has 0 radical (unpaired) electrons. The Morgan fingerprint density at radius 2 is 1.81 bits per heavy atom. The second-order valence-corrected chi connectivity index (χ2v) is 7.30. The van der Waals surface area contributed by atoms with Crippen molar-refractivity contribution in [2.75, 3.05) is 13.2 Å². The molecule has 0 atom stereocenters. The molecule has 0 saturated heterocycles. The number of pyridine rings is 1. The molecule has 0 aliphatic rings. The Hall–Kier alpha value is -2.15. The maximum absolute atomic E-state index is 13.6. The van der Waals surface area contributed by atoms with Gasteiger partial charge in [0, 0.05) is 0 Å². The van der Waals surface area contributed by atoms with Crippen LogP contribution in [0.3, 0.4) is 0 Å². The first-order valence-corrected chi connectivity index (χ1v) is 9.49. The minimum atomic E-state index is -4.07. The Balaban J connectivity index is 2.40. The Labute approximate surface area is 147 Å².